The van der Waals surface area contributed by atoms with Crippen molar-refractivity contribution in [3.05, 3.63) is 71.4 Å². The number of allylic oxidation sites excluding steroid dienone is 1. The van der Waals surface area contributed by atoms with Gasteiger partial charge in [0.1, 0.15) is 11.5 Å². The zero-order valence-electron chi connectivity index (χ0n) is 16.3. The molecule has 146 valence electrons. The molecule has 0 fully saturated rings. The summed E-state index contributed by atoms with van der Waals surface area (Å²) in [4.78, 5) is 11.9. The van der Waals surface area contributed by atoms with Gasteiger partial charge in [-0.25, -0.2) is 4.79 Å². The third-order valence-electron chi connectivity index (χ3n) is 4.60. The minimum absolute atomic E-state index is 0.201. The van der Waals surface area contributed by atoms with E-state index in [0.717, 1.165) is 22.6 Å². The smallest absolute Gasteiger partial charge is 0.332 e. The van der Waals surface area contributed by atoms with E-state index in [1.807, 2.05) is 43.3 Å². The maximum absolute atomic E-state index is 11.9. The van der Waals surface area contributed by atoms with Crippen molar-refractivity contribution >= 4 is 11.7 Å². The predicted molar refractivity (Wildman–Crippen MR) is 107 cm³/mol. The molecule has 0 spiro atoms. The summed E-state index contributed by atoms with van der Waals surface area (Å²) in [5.41, 5.74) is 3.24. The van der Waals surface area contributed by atoms with Crippen LogP contribution in [0, 0.1) is 0 Å². The van der Waals surface area contributed by atoms with E-state index in [9.17, 15) is 9.90 Å². The van der Waals surface area contributed by atoms with Crippen LogP contribution in [0.2, 0.25) is 0 Å². The lowest BCUT2D eigenvalue weighted by Crippen LogP contribution is -2.19. The third-order valence-corrected chi connectivity index (χ3v) is 4.60. The van der Waals surface area contributed by atoms with Crippen molar-refractivity contribution in [3.8, 4) is 11.5 Å². The van der Waals surface area contributed by atoms with Crippen LogP contribution in [0.3, 0.4) is 0 Å². The Hall–Kier alpha value is -3.28. The van der Waals surface area contributed by atoms with Gasteiger partial charge in [-0.3, -0.25) is 5.01 Å². The molecule has 2 aromatic rings. The zero-order chi connectivity index (χ0) is 20.1. The summed E-state index contributed by atoms with van der Waals surface area (Å²) >= 11 is 0. The van der Waals surface area contributed by atoms with E-state index in [1.165, 1.54) is 6.08 Å². The third kappa shape index (κ3) is 4.17. The average molecular weight is 380 g/mol. The Morgan fingerprint density at radius 2 is 1.96 bits per heavy atom. The van der Waals surface area contributed by atoms with Crippen molar-refractivity contribution in [1.29, 1.82) is 0 Å². The van der Waals surface area contributed by atoms with Crippen LogP contribution >= 0.6 is 0 Å². The fourth-order valence-electron chi connectivity index (χ4n) is 3.23. The molecule has 1 atom stereocenters. The van der Waals surface area contributed by atoms with Gasteiger partial charge in [-0.1, -0.05) is 18.2 Å². The topological polar surface area (TPSA) is 71.4 Å². The number of aromatic hydroxyl groups is 1. The summed E-state index contributed by atoms with van der Waals surface area (Å²) in [5.74, 6) is 0.562. The van der Waals surface area contributed by atoms with Crippen LogP contribution in [0.15, 0.2) is 65.4 Å². The van der Waals surface area contributed by atoms with Gasteiger partial charge in [0.2, 0.25) is 0 Å². The molecular weight excluding hydrogens is 356 g/mol. The van der Waals surface area contributed by atoms with Gasteiger partial charge in [0.25, 0.3) is 0 Å². The minimum Gasteiger partial charge on any atom is -0.508 e. The van der Waals surface area contributed by atoms with Crippen molar-refractivity contribution in [2.45, 2.75) is 26.3 Å². The van der Waals surface area contributed by atoms with Crippen molar-refractivity contribution in [1.82, 2.24) is 5.01 Å². The Morgan fingerprint density at radius 1 is 1.25 bits per heavy atom. The Kier molecular flexibility index (Phi) is 5.99. The number of rotatable bonds is 6. The largest absolute Gasteiger partial charge is 0.508 e. The Bertz CT molecular complexity index is 903. The first-order valence-corrected chi connectivity index (χ1v) is 9.17. The Labute approximate surface area is 164 Å². The van der Waals surface area contributed by atoms with Gasteiger partial charge < -0.3 is 14.6 Å². The van der Waals surface area contributed by atoms with E-state index in [4.69, 9.17) is 14.6 Å². The Morgan fingerprint density at radius 3 is 2.61 bits per heavy atom. The van der Waals surface area contributed by atoms with Gasteiger partial charge in [-0.05, 0) is 49.7 Å². The van der Waals surface area contributed by atoms with Gasteiger partial charge in [-0.2, -0.15) is 5.10 Å². The second kappa shape index (κ2) is 8.61. The summed E-state index contributed by atoms with van der Waals surface area (Å²) in [6.45, 7) is 3.89. The number of hydrogen-bond donors (Lipinski definition) is 1. The molecule has 0 amide bonds. The maximum Gasteiger partial charge on any atom is 0.332 e. The number of phenols is 1. The molecule has 0 aliphatic carbocycles. The summed E-state index contributed by atoms with van der Waals surface area (Å²) in [6, 6.07) is 14.6. The number of phenolic OH excluding ortho intramolecular Hbond substituents is 1. The van der Waals surface area contributed by atoms with E-state index in [1.54, 1.807) is 31.2 Å². The normalized spacial score (nSPS) is 16.7. The summed E-state index contributed by atoms with van der Waals surface area (Å²) in [6.07, 6.45) is 2.02. The molecule has 2 aromatic carbocycles. The quantitative estimate of drug-likeness (QED) is 0.605. The molecule has 28 heavy (non-hydrogen) atoms. The molecule has 3 rings (SSSR count). The highest BCUT2D eigenvalue weighted by Crippen LogP contribution is 2.39. The second-order valence-electron chi connectivity index (χ2n) is 6.44. The van der Waals surface area contributed by atoms with E-state index in [2.05, 4.69) is 0 Å². The molecule has 1 aliphatic heterocycles. The molecule has 0 bridgehead atoms. The van der Waals surface area contributed by atoms with E-state index >= 15 is 0 Å². The lowest BCUT2D eigenvalue weighted by molar-refractivity contribution is -0.137. The van der Waals surface area contributed by atoms with E-state index in [-0.39, 0.29) is 11.8 Å². The monoisotopic (exact) mass is 380 g/mol. The lowest BCUT2D eigenvalue weighted by atomic mass is 9.97. The van der Waals surface area contributed by atoms with Crippen molar-refractivity contribution in [2.24, 2.45) is 5.10 Å². The molecule has 0 saturated carbocycles. The molecule has 0 radical (unpaired) electrons. The summed E-state index contributed by atoms with van der Waals surface area (Å²) in [7, 11) is 1.63. The van der Waals surface area contributed by atoms with Gasteiger partial charge >= 0.3 is 5.97 Å². The number of esters is 1. The van der Waals surface area contributed by atoms with Crippen molar-refractivity contribution in [2.75, 3.05) is 13.7 Å². The van der Waals surface area contributed by atoms with Crippen LogP contribution in [0.5, 0.6) is 11.5 Å². The summed E-state index contributed by atoms with van der Waals surface area (Å²) in [5, 5.41) is 16.9. The average Bonchev–Trinajstić information content (AvgIpc) is 3.14. The number of ether oxygens (including phenoxy) is 2. The van der Waals surface area contributed by atoms with Gasteiger partial charge in [0, 0.05) is 23.8 Å². The van der Waals surface area contributed by atoms with Gasteiger partial charge in [0.05, 0.1) is 25.5 Å². The highest BCUT2D eigenvalue weighted by Gasteiger charge is 2.31. The fraction of sp³-hybridized carbons (Fsp3) is 0.273. The molecule has 0 saturated heterocycles. The molecule has 0 unspecified atom stereocenters. The first kappa shape index (κ1) is 19.5. The summed E-state index contributed by atoms with van der Waals surface area (Å²) < 4.78 is 10.2. The Balaban J connectivity index is 1.97. The number of carbonyl (C=O) groups is 1. The molecule has 1 heterocycles. The van der Waals surface area contributed by atoms with E-state index in [0.29, 0.717) is 18.7 Å². The number of hydrazone groups is 1. The zero-order valence-corrected chi connectivity index (χ0v) is 16.3. The number of methoxy groups -OCH3 is 1. The standard InChI is InChI=1S/C22H24N2O4/c1-4-28-22(26)13-15(2)24-20(18-7-5-6-8-21(18)25)14-19(23-24)16-9-11-17(27-3)12-10-16/h5-13,20,25H,4,14H2,1-3H3/b15-13+/t20-/m0/s1. The molecule has 0 aromatic heterocycles. The van der Waals surface area contributed by atoms with Crippen LogP contribution in [-0.4, -0.2) is 35.5 Å². The maximum atomic E-state index is 11.9. The molecule has 1 aliphatic rings. The van der Waals surface area contributed by atoms with Crippen LogP contribution in [0.1, 0.15) is 37.4 Å². The number of benzene rings is 2. The van der Waals surface area contributed by atoms with Crippen LogP contribution in [0.4, 0.5) is 0 Å². The molecular formula is C22H24N2O4. The van der Waals surface area contributed by atoms with Gasteiger partial charge in [-0.15, -0.1) is 0 Å². The predicted octanol–water partition coefficient (Wildman–Crippen LogP) is 4.02. The molecule has 6 nitrogen and oxygen atoms in total. The van der Waals surface area contributed by atoms with E-state index < -0.39 is 5.97 Å². The van der Waals surface area contributed by atoms with Crippen molar-refractivity contribution < 1.29 is 19.4 Å². The number of para-hydroxylation sites is 1. The fourth-order valence-corrected chi connectivity index (χ4v) is 3.23. The lowest BCUT2D eigenvalue weighted by Gasteiger charge is -2.24. The molecule has 6 heteroatoms. The molecule has 1 N–H and O–H groups in total. The SMILES string of the molecule is CCOC(=O)/C=C(\C)N1N=C(c2ccc(OC)cc2)C[C@H]1c1ccccc1O. The van der Waals surface area contributed by atoms with Gasteiger partial charge in [0.15, 0.2) is 0 Å². The van der Waals surface area contributed by atoms with Crippen LogP contribution < -0.4 is 4.74 Å². The second-order valence-corrected chi connectivity index (χ2v) is 6.44. The number of carbonyl (C=O) groups excluding carboxylic acids is 1. The number of nitrogens with zero attached hydrogens (tertiary/aromatic N) is 2. The number of hydrogen-bond acceptors (Lipinski definition) is 6. The highest BCUT2D eigenvalue weighted by molar-refractivity contribution is 6.02. The van der Waals surface area contributed by atoms with Crippen LogP contribution in [0.25, 0.3) is 0 Å². The van der Waals surface area contributed by atoms with Crippen LogP contribution in [-0.2, 0) is 9.53 Å². The first-order chi connectivity index (χ1) is 13.5. The minimum atomic E-state index is -0.413. The van der Waals surface area contributed by atoms with Crippen molar-refractivity contribution in [3.63, 3.8) is 0 Å². The highest BCUT2D eigenvalue weighted by atomic mass is 16.5. The first-order valence-electron chi connectivity index (χ1n) is 9.17.